The van der Waals surface area contributed by atoms with Gasteiger partial charge in [0.1, 0.15) is 0 Å². The minimum Gasteiger partial charge on any atom is -0.368 e. The van der Waals surface area contributed by atoms with Crippen molar-refractivity contribution in [2.75, 3.05) is 44.2 Å². The smallest absolute Gasteiger partial charge is 0.317 e. The van der Waals surface area contributed by atoms with E-state index in [1.54, 1.807) is 12.1 Å². The van der Waals surface area contributed by atoms with E-state index in [-0.39, 0.29) is 11.9 Å². The predicted molar refractivity (Wildman–Crippen MR) is 102 cm³/mol. The molecular weight excluding hydrogens is 328 g/mol. The molecule has 1 saturated heterocycles. The minimum atomic E-state index is -0.128. The highest BCUT2D eigenvalue weighted by atomic mass is 16.2. The number of piperazine rings is 1. The highest BCUT2D eigenvalue weighted by Crippen LogP contribution is 2.15. The van der Waals surface area contributed by atoms with Crippen molar-refractivity contribution in [3.05, 3.63) is 66.2 Å². The number of carbonyl (C=O) groups excluding carboxylic acids is 2. The maximum Gasteiger partial charge on any atom is 0.317 e. The van der Waals surface area contributed by atoms with Crippen molar-refractivity contribution in [1.29, 1.82) is 0 Å². The van der Waals surface area contributed by atoms with Gasteiger partial charge in [-0.05, 0) is 24.3 Å². The molecule has 3 rings (SSSR count). The normalized spacial score (nSPS) is 14.0. The summed E-state index contributed by atoms with van der Waals surface area (Å²) in [6, 6.07) is 19.2. The van der Waals surface area contributed by atoms with Gasteiger partial charge in [0.15, 0.2) is 0 Å². The van der Waals surface area contributed by atoms with Gasteiger partial charge >= 0.3 is 6.03 Å². The Kier molecular flexibility index (Phi) is 6.09. The lowest BCUT2D eigenvalue weighted by atomic mass is 10.2. The second kappa shape index (κ2) is 8.89. The monoisotopic (exact) mass is 352 g/mol. The van der Waals surface area contributed by atoms with Gasteiger partial charge in [-0.2, -0.15) is 0 Å². The SMILES string of the molecule is O=C(NCCNC(=O)N1CCN(c2ccccc2)CC1)c1ccccc1. The van der Waals surface area contributed by atoms with Crippen LogP contribution >= 0.6 is 0 Å². The zero-order valence-electron chi connectivity index (χ0n) is 14.7. The molecule has 3 amide bonds. The standard InChI is InChI=1S/C20H24N4O2/c25-19(17-7-3-1-4-8-17)21-11-12-22-20(26)24-15-13-23(14-16-24)18-9-5-2-6-10-18/h1-10H,11-16H2,(H,21,25)(H,22,26). The number of urea groups is 1. The van der Waals surface area contributed by atoms with E-state index in [0.29, 0.717) is 31.7 Å². The Morgan fingerprint density at radius 2 is 1.35 bits per heavy atom. The van der Waals surface area contributed by atoms with E-state index in [1.807, 2.05) is 41.3 Å². The first-order valence-electron chi connectivity index (χ1n) is 8.90. The molecule has 0 saturated carbocycles. The first-order valence-corrected chi connectivity index (χ1v) is 8.90. The van der Waals surface area contributed by atoms with Gasteiger partial charge in [-0.3, -0.25) is 4.79 Å². The quantitative estimate of drug-likeness (QED) is 0.809. The molecule has 0 aliphatic carbocycles. The van der Waals surface area contributed by atoms with Crippen LogP contribution < -0.4 is 15.5 Å². The summed E-state index contributed by atoms with van der Waals surface area (Å²) in [6.07, 6.45) is 0. The van der Waals surface area contributed by atoms with Gasteiger partial charge in [-0.1, -0.05) is 36.4 Å². The molecule has 1 aliphatic rings. The first-order chi connectivity index (χ1) is 12.7. The molecule has 6 heteroatoms. The van der Waals surface area contributed by atoms with Crippen LogP contribution in [-0.4, -0.2) is 56.1 Å². The molecular formula is C20H24N4O2. The molecule has 136 valence electrons. The lowest BCUT2D eigenvalue weighted by Crippen LogP contribution is -2.52. The number of benzene rings is 2. The van der Waals surface area contributed by atoms with Crippen molar-refractivity contribution in [3.63, 3.8) is 0 Å². The summed E-state index contributed by atoms with van der Waals surface area (Å²) >= 11 is 0. The molecule has 0 unspecified atom stereocenters. The van der Waals surface area contributed by atoms with E-state index in [0.717, 1.165) is 13.1 Å². The van der Waals surface area contributed by atoms with Gasteiger partial charge in [0.2, 0.25) is 0 Å². The number of hydrogen-bond acceptors (Lipinski definition) is 3. The summed E-state index contributed by atoms with van der Waals surface area (Å²) in [7, 11) is 0. The first kappa shape index (κ1) is 17.8. The Hall–Kier alpha value is -3.02. The van der Waals surface area contributed by atoms with Crippen LogP contribution in [0.2, 0.25) is 0 Å². The van der Waals surface area contributed by atoms with Crippen LogP contribution in [0.4, 0.5) is 10.5 Å². The highest BCUT2D eigenvalue weighted by molar-refractivity contribution is 5.94. The van der Waals surface area contributed by atoms with Crippen LogP contribution in [0.5, 0.6) is 0 Å². The number of nitrogens with zero attached hydrogens (tertiary/aromatic N) is 2. The van der Waals surface area contributed by atoms with Crippen LogP contribution in [0.25, 0.3) is 0 Å². The van der Waals surface area contributed by atoms with E-state index in [4.69, 9.17) is 0 Å². The summed E-state index contributed by atoms with van der Waals surface area (Å²) in [6.45, 7) is 3.85. The van der Waals surface area contributed by atoms with Gasteiger partial charge in [-0.25, -0.2) is 4.79 Å². The fourth-order valence-electron chi connectivity index (χ4n) is 2.96. The van der Waals surface area contributed by atoms with E-state index in [1.165, 1.54) is 5.69 Å². The summed E-state index contributed by atoms with van der Waals surface area (Å²) in [4.78, 5) is 28.3. The van der Waals surface area contributed by atoms with Crippen molar-refractivity contribution in [1.82, 2.24) is 15.5 Å². The molecule has 0 atom stereocenters. The number of hydrogen-bond donors (Lipinski definition) is 2. The van der Waals surface area contributed by atoms with Gasteiger partial charge in [0, 0.05) is 50.5 Å². The molecule has 1 fully saturated rings. The largest absolute Gasteiger partial charge is 0.368 e. The van der Waals surface area contributed by atoms with Crippen molar-refractivity contribution in [2.24, 2.45) is 0 Å². The number of para-hydroxylation sites is 1. The van der Waals surface area contributed by atoms with Crippen molar-refractivity contribution in [3.8, 4) is 0 Å². The molecule has 26 heavy (non-hydrogen) atoms. The molecule has 2 aromatic rings. The molecule has 6 nitrogen and oxygen atoms in total. The summed E-state index contributed by atoms with van der Waals surface area (Å²) in [5, 5.41) is 5.67. The molecule has 2 aromatic carbocycles. The highest BCUT2D eigenvalue weighted by Gasteiger charge is 2.20. The second-order valence-corrected chi connectivity index (χ2v) is 6.16. The topological polar surface area (TPSA) is 64.7 Å². The summed E-state index contributed by atoms with van der Waals surface area (Å²) in [5.41, 5.74) is 1.81. The van der Waals surface area contributed by atoms with Crippen LogP contribution in [0.1, 0.15) is 10.4 Å². The molecule has 0 spiro atoms. The lowest BCUT2D eigenvalue weighted by Gasteiger charge is -2.36. The molecule has 0 aromatic heterocycles. The fourth-order valence-corrected chi connectivity index (χ4v) is 2.96. The molecule has 0 bridgehead atoms. The van der Waals surface area contributed by atoms with Crippen molar-refractivity contribution in [2.45, 2.75) is 0 Å². The van der Waals surface area contributed by atoms with E-state index in [9.17, 15) is 9.59 Å². The third-order valence-electron chi connectivity index (χ3n) is 4.41. The molecule has 0 radical (unpaired) electrons. The number of anilines is 1. The fraction of sp³-hybridized carbons (Fsp3) is 0.300. The predicted octanol–water partition coefficient (Wildman–Crippen LogP) is 1.95. The van der Waals surface area contributed by atoms with Crippen molar-refractivity contribution < 1.29 is 9.59 Å². The van der Waals surface area contributed by atoms with Crippen LogP contribution in [-0.2, 0) is 0 Å². The number of nitrogens with one attached hydrogen (secondary N) is 2. The third-order valence-corrected chi connectivity index (χ3v) is 4.41. The zero-order chi connectivity index (χ0) is 18.2. The van der Waals surface area contributed by atoms with Crippen molar-refractivity contribution >= 4 is 17.6 Å². The Balaban J connectivity index is 1.35. The van der Waals surface area contributed by atoms with Gasteiger partial charge < -0.3 is 20.4 Å². The van der Waals surface area contributed by atoms with Crippen LogP contribution in [0.3, 0.4) is 0 Å². The summed E-state index contributed by atoms with van der Waals surface area (Å²) < 4.78 is 0. The van der Waals surface area contributed by atoms with Gasteiger partial charge in [0.05, 0.1) is 0 Å². The van der Waals surface area contributed by atoms with E-state index < -0.39 is 0 Å². The van der Waals surface area contributed by atoms with E-state index >= 15 is 0 Å². The average molecular weight is 352 g/mol. The second-order valence-electron chi connectivity index (χ2n) is 6.16. The Bertz CT molecular complexity index is 713. The van der Waals surface area contributed by atoms with E-state index in [2.05, 4.69) is 27.7 Å². The molecule has 1 heterocycles. The van der Waals surface area contributed by atoms with Gasteiger partial charge in [-0.15, -0.1) is 0 Å². The third kappa shape index (κ3) is 4.75. The Morgan fingerprint density at radius 3 is 2.00 bits per heavy atom. The molecule has 1 aliphatic heterocycles. The minimum absolute atomic E-state index is 0.0772. The lowest BCUT2D eigenvalue weighted by molar-refractivity contribution is 0.0953. The number of amides is 3. The maximum absolute atomic E-state index is 12.2. The number of carbonyl (C=O) groups is 2. The van der Waals surface area contributed by atoms with Gasteiger partial charge in [0.25, 0.3) is 5.91 Å². The zero-order valence-corrected chi connectivity index (χ0v) is 14.7. The summed E-state index contributed by atoms with van der Waals surface area (Å²) in [5.74, 6) is -0.128. The van der Waals surface area contributed by atoms with Crippen LogP contribution in [0.15, 0.2) is 60.7 Å². The Labute approximate surface area is 153 Å². The van der Waals surface area contributed by atoms with Crippen LogP contribution in [0, 0.1) is 0 Å². The Morgan fingerprint density at radius 1 is 0.769 bits per heavy atom. The number of rotatable bonds is 5. The average Bonchev–Trinajstić information content (AvgIpc) is 2.72. The maximum atomic E-state index is 12.2. The molecule has 2 N–H and O–H groups in total.